The number of fused-ring (bicyclic) bond motifs is 1. The van der Waals surface area contributed by atoms with Crippen molar-refractivity contribution in [3.63, 3.8) is 0 Å². The smallest absolute Gasteiger partial charge is 0.426 e. The van der Waals surface area contributed by atoms with E-state index < -0.39 is 6.09 Å². The number of benzene rings is 2. The molecule has 4 aliphatic carbocycles. The molecule has 0 radical (unpaired) electrons. The molecule has 2 N–H and O–H groups in total. The van der Waals surface area contributed by atoms with Crippen LogP contribution in [-0.4, -0.2) is 42.4 Å². The van der Waals surface area contributed by atoms with E-state index in [-0.39, 0.29) is 18.0 Å². The van der Waals surface area contributed by atoms with Gasteiger partial charge in [0, 0.05) is 30.1 Å². The average Bonchev–Trinajstić information content (AvgIpc) is 3.31. The fraction of sp³-hybridized carbons (Fsp3) is 0.485. The van der Waals surface area contributed by atoms with E-state index in [2.05, 4.69) is 10.7 Å². The van der Waals surface area contributed by atoms with E-state index in [0.29, 0.717) is 43.2 Å². The minimum Gasteiger partial charge on any atom is -0.469 e. The predicted molar refractivity (Wildman–Crippen MR) is 156 cm³/mol. The van der Waals surface area contributed by atoms with Gasteiger partial charge >= 0.3 is 12.1 Å². The number of methoxy groups -OCH3 is 1. The van der Waals surface area contributed by atoms with Gasteiger partial charge in [-0.15, -0.1) is 0 Å². The number of esters is 1. The molecule has 4 saturated carbocycles. The number of nitrogens with one attached hydrogen (secondary N) is 2. The highest BCUT2D eigenvalue weighted by Crippen LogP contribution is 2.54. The molecule has 1 aromatic heterocycles. The second-order valence-corrected chi connectivity index (χ2v) is 12.1. The first kappa shape index (κ1) is 27.4. The molecule has 4 aliphatic rings. The van der Waals surface area contributed by atoms with E-state index in [0.717, 1.165) is 40.3 Å². The molecule has 4 fully saturated rings. The third-order valence-corrected chi connectivity index (χ3v) is 9.34. The van der Waals surface area contributed by atoms with Crippen LogP contribution in [0.4, 0.5) is 4.79 Å². The second-order valence-electron chi connectivity index (χ2n) is 12.1. The Morgan fingerprint density at radius 3 is 2.37 bits per heavy atom. The number of aromatic nitrogens is 1. The van der Waals surface area contributed by atoms with Crippen molar-refractivity contribution < 1.29 is 23.9 Å². The van der Waals surface area contributed by atoms with Crippen LogP contribution in [0.2, 0.25) is 0 Å². The van der Waals surface area contributed by atoms with E-state index in [1.807, 2.05) is 42.6 Å². The molecule has 2 aromatic carbocycles. The van der Waals surface area contributed by atoms with Crippen molar-refractivity contribution in [1.29, 1.82) is 0 Å². The van der Waals surface area contributed by atoms with Gasteiger partial charge in [-0.1, -0.05) is 36.4 Å². The van der Waals surface area contributed by atoms with Crippen LogP contribution in [0.3, 0.4) is 0 Å². The summed E-state index contributed by atoms with van der Waals surface area (Å²) in [6, 6.07) is 15.6. The number of carbonyl (C=O) groups is 3. The highest BCUT2D eigenvalue weighted by molar-refractivity contribution is 5.99. The van der Waals surface area contributed by atoms with E-state index in [1.54, 1.807) is 16.8 Å². The SMILES string of the molecule is COC(=O)CCCc1cn(NC(=O)OC2C3CC4CC(C3)CC2C4)c2cc(C(=O)NCCc3ccccc3)ccc12. The van der Waals surface area contributed by atoms with Crippen molar-refractivity contribution in [3.05, 3.63) is 71.4 Å². The van der Waals surface area contributed by atoms with Crippen molar-refractivity contribution in [2.75, 3.05) is 19.1 Å². The Hall–Kier alpha value is -3.81. The summed E-state index contributed by atoms with van der Waals surface area (Å²) in [5, 5.41) is 3.93. The van der Waals surface area contributed by atoms with Crippen LogP contribution >= 0.6 is 0 Å². The summed E-state index contributed by atoms with van der Waals surface area (Å²) in [6.07, 6.45) is 9.73. The zero-order chi connectivity index (χ0) is 28.3. The first-order chi connectivity index (χ1) is 20.0. The first-order valence-electron chi connectivity index (χ1n) is 15.0. The van der Waals surface area contributed by atoms with Gasteiger partial charge < -0.3 is 14.8 Å². The Labute approximate surface area is 240 Å². The number of hydrogen-bond donors (Lipinski definition) is 2. The Kier molecular flexibility index (Phi) is 7.99. The maximum Gasteiger partial charge on any atom is 0.426 e. The zero-order valence-corrected chi connectivity index (χ0v) is 23.6. The average molecular weight is 558 g/mol. The summed E-state index contributed by atoms with van der Waals surface area (Å²) in [4.78, 5) is 37.9. The molecule has 0 spiro atoms. The van der Waals surface area contributed by atoms with Crippen molar-refractivity contribution in [3.8, 4) is 0 Å². The van der Waals surface area contributed by atoms with E-state index in [1.165, 1.54) is 39.2 Å². The topological polar surface area (TPSA) is 98.7 Å². The number of hydrogen-bond acceptors (Lipinski definition) is 5. The molecule has 2 amide bonds. The molecule has 3 aromatic rings. The normalized spacial score (nSPS) is 24.3. The Morgan fingerprint density at radius 1 is 0.927 bits per heavy atom. The highest BCUT2D eigenvalue weighted by Gasteiger charge is 2.50. The van der Waals surface area contributed by atoms with Gasteiger partial charge in [-0.05, 0) is 98.3 Å². The van der Waals surface area contributed by atoms with E-state index >= 15 is 0 Å². The van der Waals surface area contributed by atoms with Gasteiger partial charge in [-0.3, -0.25) is 14.3 Å². The molecule has 41 heavy (non-hydrogen) atoms. The van der Waals surface area contributed by atoms with Crippen molar-refractivity contribution in [1.82, 2.24) is 9.99 Å². The van der Waals surface area contributed by atoms with Crippen molar-refractivity contribution >= 4 is 28.9 Å². The lowest BCUT2D eigenvalue weighted by molar-refractivity contribution is -0.140. The maximum atomic E-state index is 13.2. The van der Waals surface area contributed by atoms with Crippen LogP contribution in [0.5, 0.6) is 0 Å². The maximum absolute atomic E-state index is 13.2. The summed E-state index contributed by atoms with van der Waals surface area (Å²) < 4.78 is 12.5. The standard InChI is InChI=1S/C33H39N3O5/c1-40-30(37)9-5-8-25-20-36(35-33(39)41-31-26-15-22-14-23(17-26)18-27(31)16-22)29-19-24(10-11-28(25)29)32(38)34-13-12-21-6-3-2-4-7-21/h2-4,6-7,10-11,19-20,22-23,26-27,31H,5,8-9,12-18H2,1H3,(H,34,38)(H,35,39). The predicted octanol–water partition coefficient (Wildman–Crippen LogP) is 5.61. The van der Waals surface area contributed by atoms with Gasteiger partial charge in [-0.25, -0.2) is 10.2 Å². The highest BCUT2D eigenvalue weighted by atomic mass is 16.6. The summed E-state index contributed by atoms with van der Waals surface area (Å²) in [5.41, 5.74) is 6.32. The molecule has 0 aliphatic heterocycles. The Morgan fingerprint density at radius 2 is 1.66 bits per heavy atom. The van der Waals surface area contributed by atoms with Crippen molar-refractivity contribution in [2.24, 2.45) is 23.7 Å². The summed E-state index contributed by atoms with van der Waals surface area (Å²) in [7, 11) is 1.39. The van der Waals surface area contributed by atoms with Crippen LogP contribution in [-0.2, 0) is 27.1 Å². The van der Waals surface area contributed by atoms with Gasteiger partial charge in [0.1, 0.15) is 6.10 Å². The largest absolute Gasteiger partial charge is 0.469 e. The van der Waals surface area contributed by atoms with Gasteiger partial charge in [0.15, 0.2) is 0 Å². The molecule has 0 saturated heterocycles. The van der Waals surface area contributed by atoms with Crippen LogP contribution < -0.4 is 10.7 Å². The first-order valence-corrected chi connectivity index (χ1v) is 15.0. The summed E-state index contributed by atoms with van der Waals surface area (Å²) >= 11 is 0. The monoisotopic (exact) mass is 557 g/mol. The second kappa shape index (κ2) is 12.0. The lowest BCUT2D eigenvalue weighted by atomic mass is 9.55. The number of amides is 2. The lowest BCUT2D eigenvalue weighted by Crippen LogP contribution is -2.50. The molecule has 4 bridgehead atoms. The molecule has 1 heterocycles. The van der Waals surface area contributed by atoms with Crippen LogP contribution in [0.1, 0.15) is 66.4 Å². The Balaban J connectivity index is 1.17. The fourth-order valence-corrected chi connectivity index (χ4v) is 7.64. The minimum absolute atomic E-state index is 0.0184. The molecular formula is C33H39N3O5. The number of carbonyl (C=O) groups excluding carboxylic acids is 3. The molecule has 8 nitrogen and oxygen atoms in total. The van der Waals surface area contributed by atoms with Gasteiger partial charge in [0.2, 0.25) is 0 Å². The van der Waals surface area contributed by atoms with Crippen molar-refractivity contribution in [2.45, 2.75) is 63.9 Å². The summed E-state index contributed by atoms with van der Waals surface area (Å²) in [5.74, 6) is 2.13. The van der Waals surface area contributed by atoms with Crippen LogP contribution in [0, 0.1) is 23.7 Å². The summed E-state index contributed by atoms with van der Waals surface area (Å²) in [6.45, 7) is 0.524. The number of aryl methyl sites for hydroxylation is 1. The molecule has 0 atom stereocenters. The lowest BCUT2D eigenvalue weighted by Gasteiger charge is -2.53. The molecule has 216 valence electrons. The van der Waals surface area contributed by atoms with Crippen LogP contribution in [0.15, 0.2) is 54.7 Å². The van der Waals surface area contributed by atoms with Gasteiger partial charge in [0.05, 0.1) is 12.6 Å². The third kappa shape index (κ3) is 6.11. The minimum atomic E-state index is -0.460. The number of rotatable bonds is 10. The number of ether oxygens (including phenoxy) is 2. The molecular weight excluding hydrogens is 518 g/mol. The third-order valence-electron chi connectivity index (χ3n) is 9.34. The van der Waals surface area contributed by atoms with Crippen LogP contribution in [0.25, 0.3) is 10.9 Å². The fourth-order valence-electron chi connectivity index (χ4n) is 7.64. The van der Waals surface area contributed by atoms with Gasteiger partial charge in [-0.2, -0.15) is 0 Å². The molecule has 7 rings (SSSR count). The Bertz CT molecular complexity index is 1390. The molecule has 0 unspecified atom stereocenters. The number of nitrogens with zero attached hydrogens (tertiary/aromatic N) is 1. The van der Waals surface area contributed by atoms with Gasteiger partial charge in [0.25, 0.3) is 5.91 Å². The quantitative estimate of drug-likeness (QED) is 0.316. The van der Waals surface area contributed by atoms with E-state index in [4.69, 9.17) is 9.47 Å². The molecule has 8 heteroatoms. The zero-order valence-electron chi connectivity index (χ0n) is 23.6. The van der Waals surface area contributed by atoms with E-state index in [9.17, 15) is 14.4 Å².